The summed E-state index contributed by atoms with van der Waals surface area (Å²) < 4.78 is 0. The minimum Gasteiger partial charge on any atom is -0.392 e. The zero-order chi connectivity index (χ0) is 20.6. The third kappa shape index (κ3) is 5.47. The minimum atomic E-state index is -0.466. The van der Waals surface area contributed by atoms with E-state index in [4.69, 9.17) is 6.57 Å². The van der Waals surface area contributed by atoms with E-state index in [0.29, 0.717) is 6.42 Å². The van der Waals surface area contributed by atoms with Crippen LogP contribution in [0.15, 0.2) is 54.6 Å². The highest BCUT2D eigenvalue weighted by atomic mass is 16.3. The topological polar surface area (TPSA) is 44.8 Å². The lowest BCUT2D eigenvalue weighted by molar-refractivity contribution is 0.153. The molecule has 2 N–H and O–H groups in total. The van der Waals surface area contributed by atoms with Crippen molar-refractivity contribution in [3.8, 4) is 0 Å². The van der Waals surface area contributed by atoms with E-state index in [0.717, 1.165) is 49.7 Å². The minimum absolute atomic E-state index is 0.00621. The Morgan fingerprint density at radius 1 is 1.07 bits per heavy atom. The average molecular weight is 392 g/mol. The van der Waals surface area contributed by atoms with E-state index >= 15 is 0 Å². The van der Waals surface area contributed by atoms with Gasteiger partial charge in [-0.05, 0) is 42.4 Å². The molecule has 29 heavy (non-hydrogen) atoms. The summed E-state index contributed by atoms with van der Waals surface area (Å²) in [6, 6.07) is 18.4. The summed E-state index contributed by atoms with van der Waals surface area (Å²) in [7, 11) is 0. The van der Waals surface area contributed by atoms with Crippen molar-refractivity contribution in [3.05, 3.63) is 82.7 Å². The summed E-state index contributed by atoms with van der Waals surface area (Å²) in [6.07, 6.45) is 5.53. The molecule has 0 radical (unpaired) electrons. The SMILES string of the molecule is [C-]#[N+][C@@H]1C[C@@H](O)C(c2ccc(C(O)CCCC)cc2)C1CCCc1ccccc1. The summed E-state index contributed by atoms with van der Waals surface area (Å²) in [5, 5.41) is 21.1. The van der Waals surface area contributed by atoms with Crippen LogP contribution in [0.5, 0.6) is 0 Å². The number of hydrogen-bond donors (Lipinski definition) is 2. The third-order valence-corrected chi connectivity index (χ3v) is 6.40. The summed E-state index contributed by atoms with van der Waals surface area (Å²) in [5.41, 5.74) is 3.37. The van der Waals surface area contributed by atoms with Gasteiger partial charge in [-0.1, -0.05) is 74.4 Å². The molecular weight excluding hydrogens is 358 g/mol. The molecule has 2 aromatic rings. The number of aryl methyl sites for hydroxylation is 1. The van der Waals surface area contributed by atoms with E-state index in [1.54, 1.807) is 0 Å². The highest BCUT2D eigenvalue weighted by molar-refractivity contribution is 5.30. The zero-order valence-corrected chi connectivity index (χ0v) is 17.4. The molecule has 2 aromatic carbocycles. The largest absolute Gasteiger partial charge is 0.392 e. The van der Waals surface area contributed by atoms with Crippen LogP contribution in [-0.4, -0.2) is 22.4 Å². The summed E-state index contributed by atoms with van der Waals surface area (Å²) in [4.78, 5) is 3.85. The summed E-state index contributed by atoms with van der Waals surface area (Å²) in [5.74, 6) is 0.189. The number of aliphatic hydroxyl groups excluding tert-OH is 2. The molecule has 3 rings (SSSR count). The molecule has 1 saturated carbocycles. The lowest BCUT2D eigenvalue weighted by Gasteiger charge is -2.22. The fourth-order valence-corrected chi connectivity index (χ4v) is 4.77. The van der Waals surface area contributed by atoms with Crippen molar-refractivity contribution >= 4 is 0 Å². The molecule has 1 aliphatic rings. The predicted molar refractivity (Wildman–Crippen MR) is 118 cm³/mol. The van der Waals surface area contributed by atoms with E-state index < -0.39 is 12.2 Å². The maximum atomic E-state index is 10.7. The van der Waals surface area contributed by atoms with Crippen molar-refractivity contribution in [3.63, 3.8) is 0 Å². The van der Waals surface area contributed by atoms with E-state index in [1.165, 1.54) is 5.56 Å². The van der Waals surface area contributed by atoms with Gasteiger partial charge in [-0.3, -0.25) is 0 Å². The highest BCUT2D eigenvalue weighted by Gasteiger charge is 2.46. The third-order valence-electron chi connectivity index (χ3n) is 6.40. The Kier molecular flexibility index (Phi) is 7.86. The Balaban J connectivity index is 1.68. The molecule has 5 atom stereocenters. The Morgan fingerprint density at radius 3 is 2.45 bits per heavy atom. The van der Waals surface area contributed by atoms with Crippen LogP contribution in [0.4, 0.5) is 0 Å². The second-order valence-electron chi connectivity index (χ2n) is 8.39. The summed E-state index contributed by atoms with van der Waals surface area (Å²) >= 11 is 0. The quantitative estimate of drug-likeness (QED) is 0.540. The van der Waals surface area contributed by atoms with Crippen molar-refractivity contribution in [1.29, 1.82) is 0 Å². The van der Waals surface area contributed by atoms with Crippen LogP contribution in [0.1, 0.15) is 74.2 Å². The Morgan fingerprint density at radius 2 is 1.79 bits per heavy atom. The maximum absolute atomic E-state index is 10.7. The average Bonchev–Trinajstić information content (AvgIpc) is 3.08. The second-order valence-corrected chi connectivity index (χ2v) is 8.39. The van der Waals surface area contributed by atoms with Gasteiger partial charge in [0, 0.05) is 18.3 Å². The van der Waals surface area contributed by atoms with Gasteiger partial charge in [-0.2, -0.15) is 0 Å². The number of rotatable bonds is 9. The van der Waals surface area contributed by atoms with Gasteiger partial charge in [0.1, 0.15) is 0 Å². The van der Waals surface area contributed by atoms with Crippen molar-refractivity contribution < 1.29 is 10.2 Å². The molecule has 1 aliphatic carbocycles. The molecule has 154 valence electrons. The van der Waals surface area contributed by atoms with Gasteiger partial charge in [0.05, 0.1) is 12.2 Å². The normalized spacial score (nSPS) is 24.9. The first kappa shape index (κ1) is 21.6. The molecule has 3 nitrogen and oxygen atoms in total. The van der Waals surface area contributed by atoms with E-state index in [1.807, 2.05) is 18.2 Å². The van der Waals surface area contributed by atoms with Gasteiger partial charge in [-0.15, -0.1) is 0 Å². The molecule has 0 spiro atoms. The molecule has 3 heteroatoms. The molecule has 1 fully saturated rings. The second kappa shape index (κ2) is 10.6. The first-order chi connectivity index (χ1) is 14.1. The van der Waals surface area contributed by atoms with Gasteiger partial charge in [0.2, 0.25) is 6.04 Å². The van der Waals surface area contributed by atoms with Crippen LogP contribution < -0.4 is 0 Å². The first-order valence-electron chi connectivity index (χ1n) is 11.0. The van der Waals surface area contributed by atoms with E-state index in [-0.39, 0.29) is 17.9 Å². The summed E-state index contributed by atoms with van der Waals surface area (Å²) in [6.45, 7) is 9.74. The molecule has 0 aliphatic heterocycles. The zero-order valence-electron chi connectivity index (χ0n) is 17.4. The van der Waals surface area contributed by atoms with Gasteiger partial charge < -0.3 is 15.1 Å². The van der Waals surface area contributed by atoms with Crippen LogP contribution in [0.2, 0.25) is 0 Å². The molecule has 0 amide bonds. The van der Waals surface area contributed by atoms with Gasteiger partial charge in [0.15, 0.2) is 0 Å². The van der Waals surface area contributed by atoms with Gasteiger partial charge >= 0.3 is 0 Å². The van der Waals surface area contributed by atoms with Gasteiger partial charge in [0.25, 0.3) is 0 Å². The lowest BCUT2D eigenvalue weighted by Crippen LogP contribution is -2.19. The Bertz CT molecular complexity index is 781. The highest BCUT2D eigenvalue weighted by Crippen LogP contribution is 2.44. The van der Waals surface area contributed by atoms with Crippen LogP contribution in [0.3, 0.4) is 0 Å². The molecule has 3 unspecified atom stereocenters. The Hall–Kier alpha value is -2.15. The van der Waals surface area contributed by atoms with E-state index in [2.05, 4.69) is 48.2 Å². The van der Waals surface area contributed by atoms with Crippen molar-refractivity contribution in [2.75, 3.05) is 0 Å². The number of unbranched alkanes of at least 4 members (excludes halogenated alkanes) is 1. The number of aliphatic hydroxyl groups is 2. The number of nitrogens with zero attached hydrogens (tertiary/aromatic N) is 1. The molecule has 0 aromatic heterocycles. The predicted octanol–water partition coefficient (Wildman–Crippen LogP) is 5.69. The van der Waals surface area contributed by atoms with Gasteiger partial charge in [-0.25, -0.2) is 6.57 Å². The number of benzene rings is 2. The lowest BCUT2D eigenvalue weighted by atomic mass is 9.82. The van der Waals surface area contributed by atoms with Crippen molar-refractivity contribution in [1.82, 2.24) is 0 Å². The van der Waals surface area contributed by atoms with E-state index in [9.17, 15) is 10.2 Å². The van der Waals surface area contributed by atoms with Crippen LogP contribution in [-0.2, 0) is 6.42 Å². The molecule has 0 heterocycles. The maximum Gasteiger partial charge on any atom is 0.229 e. The first-order valence-corrected chi connectivity index (χ1v) is 11.0. The molecule has 0 saturated heterocycles. The molecule has 0 bridgehead atoms. The Labute approximate surface area is 175 Å². The monoisotopic (exact) mass is 391 g/mol. The fraction of sp³-hybridized carbons (Fsp3) is 0.500. The smallest absolute Gasteiger partial charge is 0.229 e. The number of hydrogen-bond acceptors (Lipinski definition) is 2. The standard InChI is InChI=1S/C26H33NO2/c1-3-4-13-24(28)20-14-16-21(17-15-20)26-22(23(27-2)18-25(26)29)12-8-11-19-9-6-5-7-10-19/h5-7,9-10,14-17,22-26,28-29H,3-4,8,11-13,18H2,1H3/t22?,23-,24?,25-,26?/m1/s1. The van der Waals surface area contributed by atoms with Crippen molar-refractivity contribution in [2.45, 2.75) is 76.0 Å². The van der Waals surface area contributed by atoms with Crippen LogP contribution in [0.25, 0.3) is 4.85 Å². The fourth-order valence-electron chi connectivity index (χ4n) is 4.77. The van der Waals surface area contributed by atoms with Crippen molar-refractivity contribution in [2.24, 2.45) is 5.92 Å². The van der Waals surface area contributed by atoms with Crippen LogP contribution >= 0.6 is 0 Å². The molecular formula is C26H33NO2. The van der Waals surface area contributed by atoms with Crippen LogP contribution in [0, 0.1) is 12.5 Å².